The number of likely N-dealkylation sites (N-methyl/N-ethyl adjacent to an activating group) is 1. The van der Waals surface area contributed by atoms with Crippen LogP contribution in [0.25, 0.3) is 10.9 Å². The van der Waals surface area contributed by atoms with Crippen molar-refractivity contribution in [1.29, 1.82) is 0 Å². The first-order valence-electron chi connectivity index (χ1n) is 11.5. The second-order valence-electron chi connectivity index (χ2n) is 8.65. The highest BCUT2D eigenvalue weighted by molar-refractivity contribution is 6.01. The summed E-state index contributed by atoms with van der Waals surface area (Å²) in [5, 5.41) is 7.24. The van der Waals surface area contributed by atoms with Crippen LogP contribution in [0.4, 0.5) is 28.8 Å². The maximum atomic E-state index is 11.8. The molecule has 180 valence electrons. The molecule has 2 aromatic heterocycles. The molecule has 1 amide bonds. The van der Waals surface area contributed by atoms with E-state index in [1.54, 1.807) is 6.20 Å². The molecule has 0 atom stereocenters. The number of amides is 1. The molecule has 0 aliphatic rings. The number of anilines is 5. The van der Waals surface area contributed by atoms with Gasteiger partial charge in [-0.25, -0.2) is 4.98 Å². The summed E-state index contributed by atoms with van der Waals surface area (Å²) < 4.78 is 2.19. The second-order valence-corrected chi connectivity index (χ2v) is 8.65. The number of fused-ring (bicyclic) bond motifs is 1. The van der Waals surface area contributed by atoms with Crippen LogP contribution in [0.1, 0.15) is 5.69 Å². The SMILES string of the molecule is C=CC(=O)Nc1ccccc1Nc1nccc(N(CCN(C)C)c2ccc3c(c2)cc(C)n3C)n1. The summed E-state index contributed by atoms with van der Waals surface area (Å²) in [4.78, 5) is 25.4. The Kier molecular flexibility index (Phi) is 7.12. The van der Waals surface area contributed by atoms with Crippen molar-refractivity contribution in [2.75, 3.05) is 42.7 Å². The van der Waals surface area contributed by atoms with Crippen LogP contribution in [0.5, 0.6) is 0 Å². The van der Waals surface area contributed by atoms with Gasteiger partial charge in [0.2, 0.25) is 11.9 Å². The Morgan fingerprint density at radius 2 is 1.86 bits per heavy atom. The van der Waals surface area contributed by atoms with Crippen LogP contribution >= 0.6 is 0 Å². The molecule has 0 saturated heterocycles. The zero-order chi connectivity index (χ0) is 24.9. The molecule has 4 rings (SSSR count). The molecule has 0 fully saturated rings. The van der Waals surface area contributed by atoms with Crippen molar-refractivity contribution in [3.05, 3.63) is 79.1 Å². The number of carbonyl (C=O) groups is 1. The van der Waals surface area contributed by atoms with E-state index < -0.39 is 0 Å². The molecule has 35 heavy (non-hydrogen) atoms. The lowest BCUT2D eigenvalue weighted by atomic mass is 10.2. The number of aromatic nitrogens is 3. The van der Waals surface area contributed by atoms with E-state index in [1.165, 1.54) is 22.7 Å². The van der Waals surface area contributed by atoms with E-state index in [9.17, 15) is 4.79 Å². The van der Waals surface area contributed by atoms with Gasteiger partial charge in [-0.05, 0) is 69.6 Å². The first-order valence-corrected chi connectivity index (χ1v) is 11.5. The van der Waals surface area contributed by atoms with Crippen molar-refractivity contribution < 1.29 is 4.79 Å². The molecule has 2 aromatic carbocycles. The van der Waals surface area contributed by atoms with Crippen LogP contribution in [0.15, 0.2) is 73.4 Å². The maximum absolute atomic E-state index is 11.8. The minimum Gasteiger partial charge on any atom is -0.348 e. The number of benzene rings is 2. The Labute approximate surface area is 205 Å². The minimum absolute atomic E-state index is 0.282. The standard InChI is InChI=1S/C27H31N7O/c1-6-26(35)29-22-9-7-8-10-23(22)30-27-28-14-13-25(31-27)34(16-15-32(3)4)21-11-12-24-20(18-21)17-19(2)33(24)5/h6-14,17-18H,1,15-16H2,2-5H3,(H,29,35)(H,28,30,31). The molecule has 4 aromatic rings. The zero-order valence-corrected chi connectivity index (χ0v) is 20.6. The molecule has 0 aliphatic heterocycles. The number of aryl methyl sites for hydroxylation is 2. The van der Waals surface area contributed by atoms with Gasteiger partial charge in [0.25, 0.3) is 0 Å². The third-order valence-electron chi connectivity index (χ3n) is 5.88. The van der Waals surface area contributed by atoms with Gasteiger partial charge in [0.1, 0.15) is 5.82 Å². The molecule has 0 unspecified atom stereocenters. The van der Waals surface area contributed by atoms with Gasteiger partial charge in [0.05, 0.1) is 11.4 Å². The molecule has 2 N–H and O–H groups in total. The van der Waals surface area contributed by atoms with Crippen LogP contribution in [0, 0.1) is 6.92 Å². The minimum atomic E-state index is -0.282. The van der Waals surface area contributed by atoms with E-state index in [2.05, 4.69) is 88.9 Å². The Morgan fingerprint density at radius 1 is 1.09 bits per heavy atom. The monoisotopic (exact) mass is 469 g/mol. The molecule has 8 nitrogen and oxygen atoms in total. The summed E-state index contributed by atoms with van der Waals surface area (Å²) in [6, 6.07) is 18.0. The molecular formula is C27H31N7O. The first kappa shape index (κ1) is 24.0. The topological polar surface area (TPSA) is 78.3 Å². The van der Waals surface area contributed by atoms with Gasteiger partial charge < -0.3 is 25.0 Å². The van der Waals surface area contributed by atoms with Crippen molar-refractivity contribution in [2.45, 2.75) is 6.92 Å². The number of nitrogens with one attached hydrogen (secondary N) is 2. The molecule has 8 heteroatoms. The van der Waals surface area contributed by atoms with Gasteiger partial charge >= 0.3 is 0 Å². The van der Waals surface area contributed by atoms with E-state index in [0.717, 1.165) is 24.6 Å². The van der Waals surface area contributed by atoms with Crippen molar-refractivity contribution in [3.63, 3.8) is 0 Å². The van der Waals surface area contributed by atoms with Crippen LogP contribution in [0.3, 0.4) is 0 Å². The predicted octanol–water partition coefficient (Wildman–Crippen LogP) is 4.84. The lowest BCUT2D eigenvalue weighted by molar-refractivity contribution is -0.111. The van der Waals surface area contributed by atoms with Gasteiger partial charge in [0, 0.05) is 48.6 Å². The molecule has 0 spiro atoms. The first-order chi connectivity index (χ1) is 16.9. The summed E-state index contributed by atoms with van der Waals surface area (Å²) in [7, 11) is 6.20. The average Bonchev–Trinajstić information content (AvgIpc) is 3.13. The van der Waals surface area contributed by atoms with Crippen molar-refractivity contribution >= 4 is 45.6 Å². The van der Waals surface area contributed by atoms with Crippen LogP contribution in [0.2, 0.25) is 0 Å². The number of hydrogen-bond acceptors (Lipinski definition) is 6. The van der Waals surface area contributed by atoms with E-state index in [-0.39, 0.29) is 5.91 Å². The lowest BCUT2D eigenvalue weighted by Crippen LogP contribution is -2.29. The quantitative estimate of drug-likeness (QED) is 0.342. The Hall–Kier alpha value is -4.17. The summed E-state index contributed by atoms with van der Waals surface area (Å²) in [6.45, 7) is 7.24. The fraction of sp³-hybridized carbons (Fsp3) is 0.222. The van der Waals surface area contributed by atoms with Crippen molar-refractivity contribution in [3.8, 4) is 0 Å². The van der Waals surface area contributed by atoms with Gasteiger partial charge in [-0.2, -0.15) is 4.98 Å². The van der Waals surface area contributed by atoms with E-state index in [0.29, 0.717) is 17.3 Å². The fourth-order valence-electron chi connectivity index (χ4n) is 3.88. The third kappa shape index (κ3) is 5.50. The highest BCUT2D eigenvalue weighted by Crippen LogP contribution is 2.30. The summed E-state index contributed by atoms with van der Waals surface area (Å²) in [5.74, 6) is 0.938. The Balaban J connectivity index is 1.67. The summed E-state index contributed by atoms with van der Waals surface area (Å²) >= 11 is 0. The number of hydrogen-bond donors (Lipinski definition) is 2. The highest BCUT2D eigenvalue weighted by Gasteiger charge is 2.15. The van der Waals surface area contributed by atoms with Crippen molar-refractivity contribution in [1.82, 2.24) is 19.4 Å². The van der Waals surface area contributed by atoms with Gasteiger partial charge in [-0.3, -0.25) is 4.79 Å². The molecule has 0 aliphatic carbocycles. The molecular weight excluding hydrogens is 438 g/mol. The largest absolute Gasteiger partial charge is 0.348 e. The van der Waals surface area contributed by atoms with Crippen LogP contribution < -0.4 is 15.5 Å². The van der Waals surface area contributed by atoms with Crippen LogP contribution in [-0.2, 0) is 11.8 Å². The molecule has 0 radical (unpaired) electrons. The summed E-state index contributed by atoms with van der Waals surface area (Å²) in [5.41, 5.74) is 4.80. The third-order valence-corrected chi connectivity index (χ3v) is 5.88. The number of carbonyl (C=O) groups excluding carboxylic acids is 1. The van der Waals surface area contributed by atoms with E-state index in [1.807, 2.05) is 30.3 Å². The Morgan fingerprint density at radius 3 is 2.60 bits per heavy atom. The highest BCUT2D eigenvalue weighted by atomic mass is 16.1. The maximum Gasteiger partial charge on any atom is 0.247 e. The van der Waals surface area contributed by atoms with Crippen LogP contribution in [-0.4, -0.2) is 52.5 Å². The van der Waals surface area contributed by atoms with Gasteiger partial charge in [-0.1, -0.05) is 18.7 Å². The van der Waals surface area contributed by atoms with E-state index in [4.69, 9.17) is 4.98 Å². The predicted molar refractivity (Wildman–Crippen MR) is 144 cm³/mol. The van der Waals surface area contributed by atoms with Crippen molar-refractivity contribution in [2.24, 2.45) is 7.05 Å². The number of nitrogens with zero attached hydrogens (tertiary/aromatic N) is 5. The number of para-hydroxylation sites is 2. The van der Waals surface area contributed by atoms with Gasteiger partial charge in [-0.15, -0.1) is 0 Å². The summed E-state index contributed by atoms with van der Waals surface area (Å²) in [6.07, 6.45) is 2.98. The smallest absolute Gasteiger partial charge is 0.247 e. The number of rotatable bonds is 9. The molecule has 0 bridgehead atoms. The fourth-order valence-corrected chi connectivity index (χ4v) is 3.88. The average molecular weight is 470 g/mol. The lowest BCUT2D eigenvalue weighted by Gasteiger charge is -2.26. The second kappa shape index (κ2) is 10.4. The van der Waals surface area contributed by atoms with Gasteiger partial charge in [0.15, 0.2) is 0 Å². The molecule has 0 saturated carbocycles. The zero-order valence-electron chi connectivity index (χ0n) is 20.6. The molecule has 2 heterocycles. The normalized spacial score (nSPS) is 11.0. The van der Waals surface area contributed by atoms with E-state index >= 15 is 0 Å². The Bertz CT molecular complexity index is 1360.